The first-order valence-electron chi connectivity index (χ1n) is 6.83. The Morgan fingerprint density at radius 2 is 2.06 bits per heavy atom. The summed E-state index contributed by atoms with van der Waals surface area (Å²) in [5.74, 6) is -0.997. The van der Waals surface area contributed by atoms with Gasteiger partial charge in [-0.2, -0.15) is 0 Å². The van der Waals surface area contributed by atoms with E-state index < -0.39 is 5.97 Å². The third-order valence-electron chi connectivity index (χ3n) is 4.37. The van der Waals surface area contributed by atoms with Crippen LogP contribution in [0.4, 0.5) is 4.79 Å². The Morgan fingerprint density at radius 3 is 2.61 bits per heavy atom. The van der Waals surface area contributed by atoms with Gasteiger partial charge in [0, 0.05) is 31.6 Å². The molecule has 1 N–H and O–H groups in total. The van der Waals surface area contributed by atoms with E-state index in [0.717, 1.165) is 25.8 Å². The first kappa shape index (κ1) is 13.2. The maximum atomic E-state index is 12.2. The lowest BCUT2D eigenvalue weighted by Gasteiger charge is -2.43. The van der Waals surface area contributed by atoms with Crippen LogP contribution in [0.25, 0.3) is 0 Å². The summed E-state index contributed by atoms with van der Waals surface area (Å²) >= 11 is 0. The molecule has 2 aliphatic rings. The summed E-state index contributed by atoms with van der Waals surface area (Å²) in [5.41, 5.74) is 0. The van der Waals surface area contributed by atoms with Crippen molar-refractivity contribution in [2.24, 2.45) is 11.8 Å². The molecule has 0 bridgehead atoms. The Balaban J connectivity index is 1.85. The maximum absolute atomic E-state index is 12.2. The van der Waals surface area contributed by atoms with Crippen molar-refractivity contribution in [2.45, 2.75) is 39.2 Å². The minimum Gasteiger partial charge on any atom is -0.481 e. The SMILES string of the molecule is CCC1CCCN1C(=O)N1CC(C(C)C(=O)O)C1. The summed E-state index contributed by atoms with van der Waals surface area (Å²) in [7, 11) is 0. The monoisotopic (exact) mass is 254 g/mol. The molecule has 18 heavy (non-hydrogen) atoms. The number of carboxylic acids is 1. The molecule has 0 aromatic rings. The molecule has 2 unspecified atom stereocenters. The van der Waals surface area contributed by atoms with E-state index in [1.807, 2.05) is 4.90 Å². The highest BCUT2D eigenvalue weighted by Crippen LogP contribution is 2.28. The van der Waals surface area contributed by atoms with Crippen LogP contribution < -0.4 is 0 Å². The Bertz CT molecular complexity index is 339. The second-order valence-electron chi connectivity index (χ2n) is 5.47. The van der Waals surface area contributed by atoms with Gasteiger partial charge in [-0.25, -0.2) is 4.79 Å². The largest absolute Gasteiger partial charge is 0.481 e. The van der Waals surface area contributed by atoms with E-state index in [4.69, 9.17) is 5.11 Å². The van der Waals surface area contributed by atoms with Gasteiger partial charge in [0.1, 0.15) is 0 Å². The lowest BCUT2D eigenvalue weighted by atomic mass is 9.87. The summed E-state index contributed by atoms with van der Waals surface area (Å²) in [4.78, 5) is 26.8. The molecule has 2 saturated heterocycles. The van der Waals surface area contributed by atoms with E-state index >= 15 is 0 Å². The number of hydrogen-bond donors (Lipinski definition) is 1. The molecule has 0 spiro atoms. The fourth-order valence-electron chi connectivity index (χ4n) is 2.88. The van der Waals surface area contributed by atoms with Gasteiger partial charge in [-0.3, -0.25) is 4.79 Å². The summed E-state index contributed by atoms with van der Waals surface area (Å²) in [6, 6.07) is 0.488. The molecule has 5 heteroatoms. The molecule has 0 saturated carbocycles. The molecule has 2 fully saturated rings. The van der Waals surface area contributed by atoms with Crippen LogP contribution in [0.5, 0.6) is 0 Å². The van der Waals surface area contributed by atoms with Crippen LogP contribution in [0.2, 0.25) is 0 Å². The van der Waals surface area contributed by atoms with Crippen molar-refractivity contribution in [3.8, 4) is 0 Å². The number of carbonyl (C=O) groups excluding carboxylic acids is 1. The highest BCUT2D eigenvalue weighted by atomic mass is 16.4. The quantitative estimate of drug-likeness (QED) is 0.832. The topological polar surface area (TPSA) is 60.9 Å². The van der Waals surface area contributed by atoms with E-state index in [0.29, 0.717) is 19.1 Å². The van der Waals surface area contributed by atoms with Crippen molar-refractivity contribution < 1.29 is 14.7 Å². The van der Waals surface area contributed by atoms with Gasteiger partial charge in [-0.1, -0.05) is 13.8 Å². The fourth-order valence-corrected chi connectivity index (χ4v) is 2.88. The van der Waals surface area contributed by atoms with Gasteiger partial charge in [0.2, 0.25) is 0 Å². The minimum atomic E-state index is -0.764. The van der Waals surface area contributed by atoms with Crippen molar-refractivity contribution in [2.75, 3.05) is 19.6 Å². The first-order valence-corrected chi connectivity index (χ1v) is 6.83. The number of aliphatic carboxylic acids is 1. The van der Waals surface area contributed by atoms with Crippen LogP contribution in [-0.4, -0.2) is 52.6 Å². The number of nitrogens with zero attached hydrogens (tertiary/aromatic N) is 2. The molecule has 2 amide bonds. The second-order valence-corrected chi connectivity index (χ2v) is 5.47. The normalized spacial score (nSPS) is 26.0. The van der Waals surface area contributed by atoms with Crippen LogP contribution in [0, 0.1) is 11.8 Å². The summed E-state index contributed by atoms with van der Waals surface area (Å²) in [5, 5.41) is 8.92. The third kappa shape index (κ3) is 2.31. The zero-order valence-corrected chi connectivity index (χ0v) is 11.1. The van der Waals surface area contributed by atoms with Crippen LogP contribution in [0.3, 0.4) is 0 Å². The molecular formula is C13H22N2O3. The smallest absolute Gasteiger partial charge is 0.320 e. The standard InChI is InChI=1S/C13H22N2O3/c1-3-11-5-4-6-15(11)13(18)14-7-10(8-14)9(2)12(16)17/h9-11H,3-8H2,1-2H3,(H,16,17). The summed E-state index contributed by atoms with van der Waals surface area (Å²) in [6.45, 7) is 5.88. The second kappa shape index (κ2) is 5.16. The zero-order chi connectivity index (χ0) is 13.3. The molecule has 102 valence electrons. The maximum Gasteiger partial charge on any atom is 0.320 e. The lowest BCUT2D eigenvalue weighted by molar-refractivity contribution is -0.144. The fraction of sp³-hybridized carbons (Fsp3) is 0.846. The Hall–Kier alpha value is -1.26. The molecule has 0 radical (unpaired) electrons. The number of urea groups is 1. The number of hydrogen-bond acceptors (Lipinski definition) is 2. The first-order chi connectivity index (χ1) is 8.54. The third-order valence-corrected chi connectivity index (χ3v) is 4.37. The lowest BCUT2D eigenvalue weighted by Crippen LogP contribution is -2.58. The Morgan fingerprint density at radius 1 is 1.39 bits per heavy atom. The van der Waals surface area contributed by atoms with Crippen LogP contribution >= 0.6 is 0 Å². The summed E-state index contributed by atoms with van der Waals surface area (Å²) < 4.78 is 0. The molecule has 0 aliphatic carbocycles. The van der Waals surface area contributed by atoms with Crippen LogP contribution in [-0.2, 0) is 4.79 Å². The Kier molecular flexibility index (Phi) is 3.78. The average molecular weight is 254 g/mol. The Labute approximate surface area is 108 Å². The van der Waals surface area contributed by atoms with Crippen LogP contribution in [0.15, 0.2) is 0 Å². The van der Waals surface area contributed by atoms with E-state index in [-0.39, 0.29) is 17.9 Å². The predicted molar refractivity (Wildman–Crippen MR) is 67.3 cm³/mol. The van der Waals surface area contributed by atoms with Crippen molar-refractivity contribution in [1.82, 2.24) is 9.80 Å². The highest BCUT2D eigenvalue weighted by molar-refractivity contribution is 5.77. The van der Waals surface area contributed by atoms with E-state index in [1.54, 1.807) is 11.8 Å². The number of carboxylic acid groups (broad SMARTS) is 1. The van der Waals surface area contributed by atoms with Crippen molar-refractivity contribution in [3.63, 3.8) is 0 Å². The van der Waals surface area contributed by atoms with Gasteiger partial charge in [-0.05, 0) is 19.3 Å². The minimum absolute atomic E-state index is 0.105. The number of rotatable bonds is 3. The molecule has 0 aromatic heterocycles. The number of amides is 2. The van der Waals surface area contributed by atoms with Gasteiger partial charge in [0.05, 0.1) is 5.92 Å². The average Bonchev–Trinajstić information content (AvgIpc) is 2.74. The van der Waals surface area contributed by atoms with Gasteiger partial charge < -0.3 is 14.9 Å². The summed E-state index contributed by atoms with van der Waals surface area (Å²) in [6.07, 6.45) is 3.20. The molecule has 2 heterocycles. The molecule has 2 atom stereocenters. The van der Waals surface area contributed by atoms with E-state index in [9.17, 15) is 9.59 Å². The molecule has 5 nitrogen and oxygen atoms in total. The number of carbonyl (C=O) groups is 2. The molecule has 2 rings (SSSR count). The van der Waals surface area contributed by atoms with Gasteiger partial charge >= 0.3 is 12.0 Å². The molecule has 2 aliphatic heterocycles. The van der Waals surface area contributed by atoms with Gasteiger partial charge in [-0.15, -0.1) is 0 Å². The predicted octanol–water partition coefficient (Wildman–Crippen LogP) is 1.63. The molecular weight excluding hydrogens is 232 g/mol. The van der Waals surface area contributed by atoms with Crippen molar-refractivity contribution >= 4 is 12.0 Å². The number of likely N-dealkylation sites (tertiary alicyclic amines) is 2. The van der Waals surface area contributed by atoms with E-state index in [2.05, 4.69) is 6.92 Å². The van der Waals surface area contributed by atoms with Crippen molar-refractivity contribution in [3.05, 3.63) is 0 Å². The molecule has 0 aromatic carbocycles. The van der Waals surface area contributed by atoms with Crippen molar-refractivity contribution in [1.29, 1.82) is 0 Å². The van der Waals surface area contributed by atoms with Gasteiger partial charge in [0.15, 0.2) is 0 Å². The highest BCUT2D eigenvalue weighted by Gasteiger charge is 2.40. The zero-order valence-electron chi connectivity index (χ0n) is 11.1. The van der Waals surface area contributed by atoms with E-state index in [1.165, 1.54) is 0 Å². The van der Waals surface area contributed by atoms with Crippen LogP contribution in [0.1, 0.15) is 33.1 Å². The van der Waals surface area contributed by atoms with Gasteiger partial charge in [0.25, 0.3) is 0 Å².